The van der Waals surface area contributed by atoms with Crippen LogP contribution in [-0.2, 0) is 4.79 Å². The van der Waals surface area contributed by atoms with E-state index in [0.717, 1.165) is 65.4 Å². The molecule has 0 atom stereocenters. The van der Waals surface area contributed by atoms with Crippen molar-refractivity contribution < 1.29 is 4.79 Å². The smallest absolute Gasteiger partial charge is 0.223 e. The summed E-state index contributed by atoms with van der Waals surface area (Å²) in [7, 11) is 0. The number of carbonyl (C=O) groups excluding carboxylic acids is 1. The number of hydrogen-bond donors (Lipinski definition) is 1. The van der Waals surface area contributed by atoms with Gasteiger partial charge in [0.2, 0.25) is 5.91 Å². The highest BCUT2D eigenvalue weighted by Gasteiger charge is 2.16. The first-order chi connectivity index (χ1) is 10.2. The molecule has 21 heavy (non-hydrogen) atoms. The van der Waals surface area contributed by atoms with Gasteiger partial charge in [0.05, 0.1) is 0 Å². The molecule has 1 aliphatic rings. The molecule has 0 saturated carbocycles. The summed E-state index contributed by atoms with van der Waals surface area (Å²) in [6, 6.07) is 0. The average molecular weight is 298 g/mol. The Morgan fingerprint density at radius 1 is 0.952 bits per heavy atom. The zero-order valence-corrected chi connectivity index (χ0v) is 14.2. The fraction of sp³-hybridized carbons (Fsp3) is 0.938. The lowest BCUT2D eigenvalue weighted by Gasteiger charge is -2.29. The summed E-state index contributed by atoms with van der Waals surface area (Å²) in [5, 5.41) is 3.29. The highest BCUT2D eigenvalue weighted by Crippen LogP contribution is 2.01. The van der Waals surface area contributed by atoms with Gasteiger partial charge in [-0.15, -0.1) is 0 Å². The number of nitrogens with one attached hydrogen (secondary N) is 1. The topological polar surface area (TPSA) is 38.8 Å². The molecule has 0 radical (unpaired) electrons. The Morgan fingerprint density at radius 3 is 2.10 bits per heavy atom. The standard InChI is InChI=1S/C16H34N4O/c1-4-18(5-2)11-7-12-19(6-3)13-8-16(21)20-14-9-17-10-15-20/h17H,4-15H2,1-3H3. The molecular formula is C16H34N4O. The molecule has 1 N–H and O–H groups in total. The number of carbonyl (C=O) groups is 1. The predicted molar refractivity (Wildman–Crippen MR) is 88.6 cm³/mol. The lowest BCUT2D eigenvalue weighted by Crippen LogP contribution is -2.47. The molecule has 0 spiro atoms. The van der Waals surface area contributed by atoms with Crippen LogP contribution in [0.25, 0.3) is 0 Å². The maximum atomic E-state index is 12.2. The molecule has 5 heteroatoms. The molecule has 0 aromatic rings. The van der Waals surface area contributed by atoms with Crippen LogP contribution in [0.1, 0.15) is 33.6 Å². The predicted octanol–water partition coefficient (Wildman–Crippen LogP) is 0.862. The monoisotopic (exact) mass is 298 g/mol. The molecule has 5 nitrogen and oxygen atoms in total. The van der Waals surface area contributed by atoms with Crippen molar-refractivity contribution in [2.24, 2.45) is 0 Å². The van der Waals surface area contributed by atoms with Crippen LogP contribution in [0, 0.1) is 0 Å². The molecule has 0 aromatic heterocycles. The van der Waals surface area contributed by atoms with E-state index in [1.165, 1.54) is 6.42 Å². The van der Waals surface area contributed by atoms with Crippen LogP contribution in [0.15, 0.2) is 0 Å². The van der Waals surface area contributed by atoms with E-state index < -0.39 is 0 Å². The number of piperazine rings is 1. The SMILES string of the molecule is CCN(CC)CCCN(CC)CCC(=O)N1CCNCC1. The first-order valence-electron chi connectivity index (χ1n) is 8.64. The van der Waals surface area contributed by atoms with Crippen LogP contribution in [0.3, 0.4) is 0 Å². The van der Waals surface area contributed by atoms with Crippen LogP contribution < -0.4 is 5.32 Å². The van der Waals surface area contributed by atoms with Gasteiger partial charge in [-0.3, -0.25) is 4.79 Å². The minimum Gasteiger partial charge on any atom is -0.340 e. The van der Waals surface area contributed by atoms with Gasteiger partial charge in [0.15, 0.2) is 0 Å². The van der Waals surface area contributed by atoms with Crippen LogP contribution >= 0.6 is 0 Å². The lowest BCUT2D eigenvalue weighted by molar-refractivity contribution is -0.132. The zero-order valence-electron chi connectivity index (χ0n) is 14.2. The van der Waals surface area contributed by atoms with Crippen molar-refractivity contribution in [3.63, 3.8) is 0 Å². The lowest BCUT2D eigenvalue weighted by atomic mass is 10.2. The van der Waals surface area contributed by atoms with Crippen molar-refractivity contribution >= 4 is 5.91 Å². The molecule has 1 saturated heterocycles. The van der Waals surface area contributed by atoms with E-state index in [4.69, 9.17) is 0 Å². The Hall–Kier alpha value is -0.650. The number of nitrogens with zero attached hydrogens (tertiary/aromatic N) is 3. The van der Waals surface area contributed by atoms with Crippen molar-refractivity contribution in [1.82, 2.24) is 20.0 Å². The molecule has 124 valence electrons. The van der Waals surface area contributed by atoms with Crippen molar-refractivity contribution in [2.45, 2.75) is 33.6 Å². The Labute approximate surface area is 130 Å². The summed E-state index contributed by atoms with van der Waals surface area (Å²) >= 11 is 0. The van der Waals surface area contributed by atoms with Gasteiger partial charge in [-0.1, -0.05) is 20.8 Å². The van der Waals surface area contributed by atoms with Crippen LogP contribution in [-0.4, -0.2) is 86.1 Å². The molecule has 0 aliphatic carbocycles. The molecular weight excluding hydrogens is 264 g/mol. The van der Waals surface area contributed by atoms with Crippen molar-refractivity contribution in [3.8, 4) is 0 Å². The summed E-state index contributed by atoms with van der Waals surface area (Å²) in [6.07, 6.45) is 1.86. The third kappa shape index (κ3) is 7.25. The van der Waals surface area contributed by atoms with Gasteiger partial charge >= 0.3 is 0 Å². The summed E-state index contributed by atoms with van der Waals surface area (Å²) in [6.45, 7) is 16.7. The van der Waals surface area contributed by atoms with Gasteiger partial charge < -0.3 is 20.0 Å². The van der Waals surface area contributed by atoms with E-state index in [0.29, 0.717) is 12.3 Å². The third-order valence-corrected chi connectivity index (χ3v) is 4.40. The molecule has 0 aromatic carbocycles. The average Bonchev–Trinajstić information content (AvgIpc) is 2.55. The molecule has 1 heterocycles. The molecule has 1 amide bonds. The van der Waals surface area contributed by atoms with Crippen LogP contribution in [0.5, 0.6) is 0 Å². The summed E-state index contributed by atoms with van der Waals surface area (Å²) in [4.78, 5) is 19.0. The second kappa shape index (κ2) is 11.0. The zero-order chi connectivity index (χ0) is 15.5. The molecule has 1 aliphatic heterocycles. The fourth-order valence-corrected chi connectivity index (χ4v) is 2.81. The third-order valence-electron chi connectivity index (χ3n) is 4.40. The number of hydrogen-bond acceptors (Lipinski definition) is 4. The Bertz CT molecular complexity index is 275. The number of rotatable bonds is 10. The van der Waals surface area contributed by atoms with Crippen molar-refractivity contribution in [1.29, 1.82) is 0 Å². The van der Waals surface area contributed by atoms with E-state index in [2.05, 4.69) is 35.9 Å². The molecule has 1 fully saturated rings. The van der Waals surface area contributed by atoms with Gasteiger partial charge in [-0.05, 0) is 39.1 Å². The number of amides is 1. The summed E-state index contributed by atoms with van der Waals surface area (Å²) in [5.74, 6) is 0.318. The normalized spacial score (nSPS) is 16.0. The Balaban J connectivity index is 2.19. The highest BCUT2D eigenvalue weighted by atomic mass is 16.2. The molecule has 1 rings (SSSR count). The van der Waals surface area contributed by atoms with E-state index in [1.807, 2.05) is 4.90 Å². The maximum absolute atomic E-state index is 12.2. The van der Waals surface area contributed by atoms with Crippen LogP contribution in [0.4, 0.5) is 0 Å². The maximum Gasteiger partial charge on any atom is 0.223 e. The summed E-state index contributed by atoms with van der Waals surface area (Å²) in [5.41, 5.74) is 0. The minimum absolute atomic E-state index is 0.318. The van der Waals surface area contributed by atoms with Crippen molar-refractivity contribution in [3.05, 3.63) is 0 Å². The van der Waals surface area contributed by atoms with Crippen molar-refractivity contribution in [2.75, 3.05) is 65.4 Å². The van der Waals surface area contributed by atoms with Gasteiger partial charge in [0.25, 0.3) is 0 Å². The first-order valence-corrected chi connectivity index (χ1v) is 8.64. The second-order valence-electron chi connectivity index (χ2n) is 5.70. The largest absolute Gasteiger partial charge is 0.340 e. The fourth-order valence-electron chi connectivity index (χ4n) is 2.81. The Morgan fingerprint density at radius 2 is 1.52 bits per heavy atom. The highest BCUT2D eigenvalue weighted by molar-refractivity contribution is 5.76. The van der Waals surface area contributed by atoms with Gasteiger partial charge in [0.1, 0.15) is 0 Å². The first kappa shape index (κ1) is 18.4. The minimum atomic E-state index is 0.318. The molecule has 0 bridgehead atoms. The van der Waals surface area contributed by atoms with E-state index in [9.17, 15) is 4.79 Å². The van der Waals surface area contributed by atoms with E-state index >= 15 is 0 Å². The summed E-state index contributed by atoms with van der Waals surface area (Å²) < 4.78 is 0. The van der Waals surface area contributed by atoms with E-state index in [-0.39, 0.29) is 0 Å². The molecule has 0 unspecified atom stereocenters. The van der Waals surface area contributed by atoms with Crippen LogP contribution in [0.2, 0.25) is 0 Å². The Kier molecular flexibility index (Phi) is 9.63. The van der Waals surface area contributed by atoms with Gasteiger partial charge in [-0.2, -0.15) is 0 Å². The quantitative estimate of drug-likeness (QED) is 0.649. The van der Waals surface area contributed by atoms with Gasteiger partial charge in [0, 0.05) is 39.1 Å². The van der Waals surface area contributed by atoms with Gasteiger partial charge in [-0.25, -0.2) is 0 Å². The van der Waals surface area contributed by atoms with E-state index in [1.54, 1.807) is 0 Å². The second-order valence-corrected chi connectivity index (χ2v) is 5.70.